The summed E-state index contributed by atoms with van der Waals surface area (Å²) in [5.74, 6) is 1.17. The Labute approximate surface area is 530 Å². The van der Waals surface area contributed by atoms with E-state index >= 15 is 0 Å². The third kappa shape index (κ3) is 15.2. The second-order valence-electron chi connectivity index (χ2n) is 24.4. The number of carboxylic acid groups (broad SMARTS) is 1. The smallest absolute Gasteiger partial charge is 0.407 e. The number of nitrogens with zero attached hydrogens (tertiary/aromatic N) is 9. The molecule has 3 saturated heterocycles. The van der Waals surface area contributed by atoms with Crippen LogP contribution in [0.15, 0.2) is 90.8 Å². The van der Waals surface area contributed by atoms with Crippen molar-refractivity contribution in [1.29, 1.82) is 0 Å². The Morgan fingerprint density at radius 2 is 1.50 bits per heavy atom. The zero-order chi connectivity index (χ0) is 62.7. The highest BCUT2D eigenvalue weighted by Crippen LogP contribution is 2.41. The molecule has 480 valence electrons. The van der Waals surface area contributed by atoms with Crippen molar-refractivity contribution in [2.24, 2.45) is 5.92 Å². The summed E-state index contributed by atoms with van der Waals surface area (Å²) in [5, 5.41) is 30.1. The minimum absolute atomic E-state index is 0.0160. The van der Waals surface area contributed by atoms with Gasteiger partial charge in [0.15, 0.2) is 0 Å². The van der Waals surface area contributed by atoms with Crippen LogP contribution in [-0.4, -0.2) is 198 Å². The third-order valence-corrected chi connectivity index (χ3v) is 19.4. The quantitative estimate of drug-likeness (QED) is 0.0359. The Morgan fingerprint density at radius 3 is 2.26 bits per heavy atom. The van der Waals surface area contributed by atoms with Crippen LogP contribution in [0.25, 0.3) is 32.8 Å². The number of piperazine rings is 1. The van der Waals surface area contributed by atoms with Crippen LogP contribution in [0, 0.1) is 5.92 Å². The molecular weight excluding hydrogens is 1160 g/mol. The summed E-state index contributed by atoms with van der Waals surface area (Å²) >= 11 is 1.54. The number of likely N-dealkylation sites (N-methyl/N-ethyl adjacent to an activating group) is 1. The van der Waals surface area contributed by atoms with Gasteiger partial charge in [-0.2, -0.15) is 9.97 Å². The molecule has 4 amide bonds. The second-order valence-corrected chi connectivity index (χ2v) is 25.3. The molecule has 4 aromatic carbocycles. The second kappa shape index (κ2) is 30.0. The number of carbonyl (C=O) groups excluding carboxylic acids is 3. The lowest BCUT2D eigenvalue weighted by atomic mass is 9.83. The lowest BCUT2D eigenvalue weighted by Crippen LogP contribution is -2.56. The van der Waals surface area contributed by atoms with Crippen LogP contribution in [0.4, 0.5) is 16.3 Å². The SMILES string of the molecule is C=CC(=O)N1CCN(c2nc(OC(C)CN3CCC(OCCOCCOCCOc4ccc(-c5csc(C6CCCN6C(=O)[C@@H](NC(=O)C(C)N(C)C(=O)O)C6CCCCC6)n5)c5ccccc45)CC3)nc3c2CCN(c2cc(O)cc4ccccc24)C3)CC1. The molecule has 21 nitrogen and oxygen atoms in total. The van der Waals surface area contributed by atoms with E-state index in [-0.39, 0.29) is 41.7 Å². The van der Waals surface area contributed by atoms with Crippen molar-refractivity contribution >= 4 is 68.2 Å². The number of thiazole rings is 1. The van der Waals surface area contributed by atoms with Crippen molar-refractivity contribution in [3.8, 4) is 28.8 Å². The molecule has 2 aromatic heterocycles. The van der Waals surface area contributed by atoms with Crippen molar-refractivity contribution < 1.29 is 53.1 Å². The molecule has 4 atom stereocenters. The number of aromatic hydroxyl groups is 1. The van der Waals surface area contributed by atoms with E-state index in [1.807, 2.05) is 69.8 Å². The lowest BCUT2D eigenvalue weighted by molar-refractivity contribution is -0.140. The van der Waals surface area contributed by atoms with E-state index in [0.29, 0.717) is 84.9 Å². The molecule has 1 aliphatic carbocycles. The number of amides is 4. The molecule has 6 heterocycles. The van der Waals surface area contributed by atoms with Gasteiger partial charge in [0.05, 0.1) is 63.1 Å². The zero-order valence-corrected chi connectivity index (χ0v) is 53.0. The van der Waals surface area contributed by atoms with Crippen LogP contribution in [-0.2, 0) is 41.6 Å². The third-order valence-electron chi connectivity index (χ3n) is 18.5. The standard InChI is InChI=1S/C68H86N10O11S/c1-5-61(80)75-30-32-76(33-31-75)63-55-25-29-77(59-41-49(79)40-48-16-9-10-17-51(48)59)43-56(55)70-67(72-63)89-45(2)42-74-27-23-50(24-28-74)87-38-36-85-34-35-86-37-39-88-60-22-21-53(52-18-11-12-19-54(52)60)57-44-90-65(69-57)58-20-13-26-78(58)66(82)62(47-14-7-6-8-15-47)71-64(81)46(3)73(4)68(83)84/h5,9-12,16-19,21-22,40-41,44-47,50,58,62,79H,1,6-8,13-15,20,23-39,42-43H2,2-4H3,(H,71,81)(H,83,84)/t45?,46?,58?,62-/m0/s1. The number of likely N-dealkylation sites (tertiary alicyclic amines) is 2. The van der Waals surface area contributed by atoms with E-state index in [2.05, 4.69) is 45.7 Å². The predicted molar refractivity (Wildman–Crippen MR) is 347 cm³/mol. The Balaban J connectivity index is 0.601. The Kier molecular flexibility index (Phi) is 21.3. The number of phenolic OH excluding ortho intramolecular Hbond substituents is 1. The zero-order valence-electron chi connectivity index (χ0n) is 52.1. The number of hydrogen-bond donors (Lipinski definition) is 3. The summed E-state index contributed by atoms with van der Waals surface area (Å²) in [6.45, 7) is 16.7. The minimum atomic E-state index is -1.20. The average molecular weight is 1250 g/mol. The Hall–Kier alpha value is -7.63. The first-order valence-electron chi connectivity index (χ1n) is 32.2. The largest absolute Gasteiger partial charge is 0.508 e. The molecule has 1 saturated carbocycles. The first kappa shape index (κ1) is 63.9. The maximum atomic E-state index is 14.5. The van der Waals surface area contributed by atoms with Crippen LogP contribution in [0.3, 0.4) is 0 Å². The number of carbonyl (C=O) groups is 4. The number of hydrogen-bond acceptors (Lipinski definition) is 17. The monoisotopic (exact) mass is 1250 g/mol. The van der Waals surface area contributed by atoms with Gasteiger partial charge in [0.1, 0.15) is 47.1 Å². The fourth-order valence-electron chi connectivity index (χ4n) is 13.5. The fraction of sp³-hybridized carbons (Fsp3) is 0.515. The lowest BCUT2D eigenvalue weighted by Gasteiger charge is -2.38. The molecule has 3 unspecified atom stereocenters. The predicted octanol–water partition coefficient (Wildman–Crippen LogP) is 9.10. The number of fused-ring (bicyclic) bond motifs is 3. The van der Waals surface area contributed by atoms with Gasteiger partial charge in [0.25, 0.3) is 0 Å². The van der Waals surface area contributed by atoms with Crippen LogP contribution in [0.2, 0.25) is 0 Å². The minimum Gasteiger partial charge on any atom is -0.508 e. The van der Waals surface area contributed by atoms with Crippen molar-refractivity contribution in [3.63, 3.8) is 0 Å². The normalized spacial score (nSPS) is 18.7. The van der Waals surface area contributed by atoms with Crippen molar-refractivity contribution in [2.75, 3.05) is 115 Å². The van der Waals surface area contributed by atoms with Crippen molar-refractivity contribution in [3.05, 3.63) is 107 Å². The van der Waals surface area contributed by atoms with Crippen molar-refractivity contribution in [2.45, 2.75) is 115 Å². The first-order chi connectivity index (χ1) is 43.8. The van der Waals surface area contributed by atoms with Crippen LogP contribution < -0.4 is 24.6 Å². The molecule has 3 N–H and O–H groups in total. The molecular formula is C68H86N10O11S. The van der Waals surface area contributed by atoms with Gasteiger partial charge in [0.2, 0.25) is 17.7 Å². The van der Waals surface area contributed by atoms with E-state index in [0.717, 1.165) is 162 Å². The highest BCUT2D eigenvalue weighted by molar-refractivity contribution is 7.10. The molecule has 22 heteroatoms. The van der Waals surface area contributed by atoms with Gasteiger partial charge in [-0.3, -0.25) is 24.2 Å². The number of aromatic nitrogens is 3. The molecule has 0 spiro atoms. The van der Waals surface area contributed by atoms with E-state index in [1.54, 1.807) is 24.3 Å². The van der Waals surface area contributed by atoms with Crippen LogP contribution in [0.1, 0.15) is 93.9 Å². The Morgan fingerprint density at radius 1 is 0.778 bits per heavy atom. The molecule has 90 heavy (non-hydrogen) atoms. The number of piperidine rings is 1. The first-order valence-corrected chi connectivity index (χ1v) is 33.0. The van der Waals surface area contributed by atoms with Crippen LogP contribution >= 0.6 is 11.3 Å². The number of benzene rings is 4. The Bertz CT molecular complexity index is 3470. The molecule has 11 rings (SSSR count). The summed E-state index contributed by atoms with van der Waals surface area (Å²) in [7, 11) is 1.37. The number of nitrogens with one attached hydrogen (secondary N) is 1. The van der Waals surface area contributed by atoms with E-state index < -0.39 is 24.1 Å². The topological polar surface area (TPSA) is 225 Å². The van der Waals surface area contributed by atoms with E-state index in [1.165, 1.54) is 13.1 Å². The van der Waals surface area contributed by atoms with Gasteiger partial charge < -0.3 is 58.8 Å². The average Bonchev–Trinajstić information content (AvgIpc) is 1.50. The van der Waals surface area contributed by atoms with Gasteiger partial charge in [0, 0.05) is 105 Å². The maximum Gasteiger partial charge on any atom is 0.407 e. The highest BCUT2D eigenvalue weighted by atomic mass is 32.1. The summed E-state index contributed by atoms with van der Waals surface area (Å²) < 4.78 is 30.9. The van der Waals surface area contributed by atoms with Gasteiger partial charge >= 0.3 is 12.1 Å². The molecule has 5 aliphatic rings. The van der Waals surface area contributed by atoms with Gasteiger partial charge in [-0.05, 0) is 99.8 Å². The molecule has 4 fully saturated rings. The summed E-state index contributed by atoms with van der Waals surface area (Å²) in [6.07, 6.45) is 9.02. The van der Waals surface area contributed by atoms with Crippen LogP contribution in [0.5, 0.6) is 17.5 Å². The number of phenols is 1. The molecule has 0 bridgehead atoms. The molecule has 0 radical (unpaired) electrons. The number of anilines is 2. The van der Waals surface area contributed by atoms with E-state index in [9.17, 15) is 29.4 Å². The number of ether oxygens (including phenoxy) is 5. The van der Waals surface area contributed by atoms with Gasteiger partial charge in [-0.1, -0.05) is 74.4 Å². The molecule has 4 aliphatic heterocycles. The fourth-order valence-corrected chi connectivity index (χ4v) is 14.4. The summed E-state index contributed by atoms with van der Waals surface area (Å²) in [5.41, 5.74) is 4.76. The summed E-state index contributed by atoms with van der Waals surface area (Å²) in [6, 6.07) is 22.3. The van der Waals surface area contributed by atoms with Gasteiger partial charge in [-0.15, -0.1) is 11.3 Å². The highest BCUT2D eigenvalue weighted by Gasteiger charge is 2.41. The maximum absolute atomic E-state index is 14.5. The number of rotatable bonds is 25. The van der Waals surface area contributed by atoms with E-state index in [4.69, 9.17) is 38.6 Å². The van der Waals surface area contributed by atoms with Crippen molar-refractivity contribution in [1.82, 2.24) is 39.9 Å². The van der Waals surface area contributed by atoms with Gasteiger partial charge in [-0.25, -0.2) is 9.78 Å². The molecule has 6 aromatic rings. The summed E-state index contributed by atoms with van der Waals surface area (Å²) in [4.78, 5) is 78.9.